The summed E-state index contributed by atoms with van der Waals surface area (Å²) in [6.45, 7) is 0. The van der Waals surface area contributed by atoms with Gasteiger partial charge in [-0.3, -0.25) is 0 Å². The van der Waals surface area contributed by atoms with Gasteiger partial charge in [-0.1, -0.05) is 6.07 Å². The van der Waals surface area contributed by atoms with Gasteiger partial charge in [0.15, 0.2) is 0 Å². The van der Waals surface area contributed by atoms with Gasteiger partial charge in [0, 0.05) is 18.4 Å². The minimum Gasteiger partial charge on any atom is -0.405 e. The van der Waals surface area contributed by atoms with Crippen LogP contribution in [0.25, 0.3) is 0 Å². The Labute approximate surface area is 94.2 Å². The van der Waals surface area contributed by atoms with E-state index in [0.29, 0.717) is 5.56 Å². The van der Waals surface area contributed by atoms with Crippen molar-refractivity contribution in [2.45, 2.75) is 25.1 Å². The number of hydrogen-bond donors (Lipinski definition) is 0. The summed E-state index contributed by atoms with van der Waals surface area (Å²) in [5, 5.41) is 0. The highest BCUT2D eigenvalue weighted by atomic mass is 19.4. The molecule has 2 rings (SSSR count). The average Bonchev–Trinajstić information content (AvgIpc) is 2.75. The number of benzene rings is 1. The summed E-state index contributed by atoms with van der Waals surface area (Å²) in [7, 11) is 0. The third kappa shape index (κ3) is 3.31. The molecule has 1 saturated carbocycles. The molecule has 1 unspecified atom stereocenters. The van der Waals surface area contributed by atoms with Crippen LogP contribution in [0.5, 0.6) is 5.75 Å². The zero-order valence-electron chi connectivity index (χ0n) is 8.52. The van der Waals surface area contributed by atoms with Crippen molar-refractivity contribution in [2.24, 2.45) is 5.92 Å². The molecule has 1 fully saturated rings. The minimum atomic E-state index is -4.76. The molecule has 0 amide bonds. The molecule has 0 bridgehead atoms. The Morgan fingerprint density at radius 3 is 2.41 bits per heavy atom. The quantitative estimate of drug-likeness (QED) is 0.746. The largest absolute Gasteiger partial charge is 0.573 e. The number of halogens is 5. The van der Waals surface area contributed by atoms with E-state index in [-0.39, 0.29) is 12.8 Å². The highest BCUT2D eigenvalue weighted by Gasteiger charge is 2.56. The van der Waals surface area contributed by atoms with Gasteiger partial charge < -0.3 is 4.74 Å². The van der Waals surface area contributed by atoms with Crippen LogP contribution in [0.15, 0.2) is 18.2 Å². The first-order valence-electron chi connectivity index (χ1n) is 4.90. The van der Waals surface area contributed by atoms with Gasteiger partial charge >= 0.3 is 6.36 Å². The van der Waals surface area contributed by atoms with Crippen LogP contribution in [0.3, 0.4) is 0 Å². The van der Waals surface area contributed by atoms with Crippen LogP contribution >= 0.6 is 0 Å². The van der Waals surface area contributed by atoms with Crippen LogP contribution < -0.4 is 4.74 Å². The SMILES string of the molecule is FC(F)(F)Oc1[c]cc(CC2CC2(F)F)cc1. The Bertz CT molecular complexity index is 395. The fraction of sp³-hybridized carbons (Fsp3) is 0.455. The Kier molecular flexibility index (Phi) is 2.75. The lowest BCUT2D eigenvalue weighted by Gasteiger charge is -2.08. The third-order valence-corrected chi connectivity index (χ3v) is 2.51. The summed E-state index contributed by atoms with van der Waals surface area (Å²) in [5.41, 5.74) is 0.529. The lowest BCUT2D eigenvalue weighted by atomic mass is 10.1. The molecule has 17 heavy (non-hydrogen) atoms. The van der Waals surface area contributed by atoms with Crippen molar-refractivity contribution in [3.05, 3.63) is 29.8 Å². The molecule has 1 nitrogen and oxygen atoms in total. The number of rotatable bonds is 3. The van der Waals surface area contributed by atoms with Gasteiger partial charge in [-0.2, -0.15) is 0 Å². The first-order valence-corrected chi connectivity index (χ1v) is 4.90. The van der Waals surface area contributed by atoms with Gasteiger partial charge in [0.2, 0.25) is 0 Å². The molecular weight excluding hydrogens is 243 g/mol. The normalized spacial score (nSPS) is 22.3. The second-order valence-electron chi connectivity index (χ2n) is 3.98. The number of ether oxygens (including phenoxy) is 1. The first kappa shape index (κ1) is 12.1. The summed E-state index contributed by atoms with van der Waals surface area (Å²) in [4.78, 5) is 0. The lowest BCUT2D eigenvalue weighted by Crippen LogP contribution is -2.17. The zero-order valence-corrected chi connectivity index (χ0v) is 8.52. The van der Waals surface area contributed by atoms with Crippen LogP contribution in [0, 0.1) is 12.0 Å². The molecule has 93 valence electrons. The molecule has 0 spiro atoms. The maximum absolute atomic E-state index is 12.6. The predicted octanol–water partition coefficient (Wildman–Crippen LogP) is 3.58. The highest BCUT2D eigenvalue weighted by molar-refractivity contribution is 5.27. The van der Waals surface area contributed by atoms with E-state index in [4.69, 9.17) is 0 Å². The Hall–Kier alpha value is -1.33. The molecule has 6 heteroatoms. The Morgan fingerprint density at radius 2 is 2.00 bits per heavy atom. The number of hydrogen-bond acceptors (Lipinski definition) is 1. The maximum Gasteiger partial charge on any atom is 0.573 e. The Morgan fingerprint density at radius 1 is 1.35 bits per heavy atom. The fourth-order valence-corrected chi connectivity index (χ4v) is 1.53. The molecule has 0 aromatic heterocycles. The fourth-order valence-electron chi connectivity index (χ4n) is 1.53. The van der Waals surface area contributed by atoms with Crippen molar-refractivity contribution in [1.82, 2.24) is 0 Å². The van der Waals surface area contributed by atoms with Crippen LogP contribution in [0.4, 0.5) is 22.0 Å². The first-order chi connectivity index (χ1) is 7.76. The van der Waals surface area contributed by atoms with E-state index in [2.05, 4.69) is 10.8 Å². The van der Waals surface area contributed by atoms with E-state index in [1.165, 1.54) is 12.1 Å². The molecular formula is C11H8F5O. The summed E-state index contributed by atoms with van der Waals surface area (Å²) in [5.74, 6) is -3.80. The highest BCUT2D eigenvalue weighted by Crippen LogP contribution is 2.50. The van der Waals surface area contributed by atoms with Gasteiger partial charge in [-0.25, -0.2) is 8.78 Å². The van der Waals surface area contributed by atoms with E-state index in [1.54, 1.807) is 0 Å². The molecule has 1 aromatic rings. The summed E-state index contributed by atoms with van der Waals surface area (Å²) >= 11 is 0. The van der Waals surface area contributed by atoms with Crippen LogP contribution in [-0.4, -0.2) is 12.3 Å². The van der Waals surface area contributed by atoms with Gasteiger partial charge in [0.1, 0.15) is 5.75 Å². The van der Waals surface area contributed by atoms with E-state index in [9.17, 15) is 22.0 Å². The molecule has 0 N–H and O–H groups in total. The molecule has 0 saturated heterocycles. The molecule has 1 aromatic carbocycles. The zero-order chi connectivity index (χ0) is 12.7. The van der Waals surface area contributed by atoms with Crippen molar-refractivity contribution in [1.29, 1.82) is 0 Å². The van der Waals surface area contributed by atoms with Crippen LogP contribution in [-0.2, 0) is 6.42 Å². The summed E-state index contributed by atoms with van der Waals surface area (Å²) < 4.78 is 64.3. The molecule has 1 aliphatic rings. The molecule has 1 aliphatic carbocycles. The van der Waals surface area contributed by atoms with Crippen molar-refractivity contribution < 1.29 is 26.7 Å². The minimum absolute atomic E-state index is 0.149. The van der Waals surface area contributed by atoms with Gasteiger partial charge in [0.25, 0.3) is 5.92 Å². The second kappa shape index (κ2) is 3.85. The van der Waals surface area contributed by atoms with Gasteiger partial charge in [0.05, 0.1) is 0 Å². The van der Waals surface area contributed by atoms with Gasteiger partial charge in [-0.05, 0) is 24.1 Å². The maximum atomic E-state index is 12.6. The monoisotopic (exact) mass is 251 g/mol. The van der Waals surface area contributed by atoms with Crippen molar-refractivity contribution in [3.8, 4) is 5.75 Å². The summed E-state index contributed by atoms with van der Waals surface area (Å²) in [6, 6.07) is 5.92. The predicted molar refractivity (Wildman–Crippen MR) is 48.7 cm³/mol. The van der Waals surface area contributed by atoms with Crippen molar-refractivity contribution >= 4 is 0 Å². The lowest BCUT2D eigenvalue weighted by molar-refractivity contribution is -0.274. The van der Waals surface area contributed by atoms with Crippen LogP contribution in [0.2, 0.25) is 0 Å². The standard InChI is InChI=1S/C11H8F5O/c12-10(13)6-8(10)5-7-1-3-9(4-2-7)17-11(14,15)16/h1-3,8H,5-6H2. The van der Waals surface area contributed by atoms with Crippen LogP contribution in [0.1, 0.15) is 12.0 Å². The van der Waals surface area contributed by atoms with Crippen molar-refractivity contribution in [3.63, 3.8) is 0 Å². The molecule has 1 atom stereocenters. The van der Waals surface area contributed by atoms with Gasteiger partial charge in [-0.15, -0.1) is 13.2 Å². The summed E-state index contributed by atoms with van der Waals surface area (Å²) in [6.07, 6.45) is -4.77. The third-order valence-electron chi connectivity index (χ3n) is 2.51. The van der Waals surface area contributed by atoms with E-state index < -0.39 is 24.0 Å². The smallest absolute Gasteiger partial charge is 0.405 e. The van der Waals surface area contributed by atoms with Crippen molar-refractivity contribution in [2.75, 3.05) is 0 Å². The van der Waals surface area contributed by atoms with E-state index in [1.807, 2.05) is 0 Å². The average molecular weight is 251 g/mol. The molecule has 1 radical (unpaired) electrons. The second-order valence-corrected chi connectivity index (χ2v) is 3.98. The Balaban J connectivity index is 1.94. The molecule has 0 heterocycles. The molecule has 0 aliphatic heterocycles. The number of alkyl halides is 5. The van der Waals surface area contributed by atoms with E-state index >= 15 is 0 Å². The topological polar surface area (TPSA) is 9.23 Å². The van der Waals surface area contributed by atoms with E-state index in [0.717, 1.165) is 6.07 Å².